The maximum atomic E-state index is 11.3. The van der Waals surface area contributed by atoms with E-state index in [-0.39, 0.29) is 12.0 Å². The Bertz CT molecular complexity index is 349. The molecular weight excluding hydrogens is 216 g/mol. The summed E-state index contributed by atoms with van der Waals surface area (Å²) in [7, 11) is 3.33. The molecular formula is C13H20N2O2. The highest BCUT2D eigenvalue weighted by atomic mass is 16.5. The van der Waals surface area contributed by atoms with Crippen molar-refractivity contribution in [3.05, 3.63) is 35.4 Å². The molecule has 17 heavy (non-hydrogen) atoms. The minimum Gasteiger partial charge on any atom is -0.380 e. The van der Waals surface area contributed by atoms with Crippen molar-refractivity contribution in [1.29, 1.82) is 0 Å². The molecule has 0 saturated carbocycles. The summed E-state index contributed by atoms with van der Waals surface area (Å²) >= 11 is 0. The van der Waals surface area contributed by atoms with Gasteiger partial charge in [-0.15, -0.1) is 0 Å². The van der Waals surface area contributed by atoms with E-state index < -0.39 is 0 Å². The Morgan fingerprint density at radius 1 is 1.35 bits per heavy atom. The Kier molecular flexibility index (Phi) is 5.66. The highest BCUT2D eigenvalue weighted by molar-refractivity contribution is 5.93. The summed E-state index contributed by atoms with van der Waals surface area (Å²) in [5.74, 6) is -0.0579. The first-order chi connectivity index (χ1) is 8.17. The average Bonchev–Trinajstić information content (AvgIpc) is 2.38. The monoisotopic (exact) mass is 236 g/mol. The molecule has 4 heteroatoms. The van der Waals surface area contributed by atoms with E-state index in [0.717, 1.165) is 18.7 Å². The second kappa shape index (κ2) is 7.04. The van der Waals surface area contributed by atoms with E-state index in [1.807, 2.05) is 31.2 Å². The van der Waals surface area contributed by atoms with Crippen LogP contribution in [0.3, 0.4) is 0 Å². The third kappa shape index (κ3) is 4.54. The fourth-order valence-electron chi connectivity index (χ4n) is 1.42. The van der Waals surface area contributed by atoms with Crippen LogP contribution in [-0.2, 0) is 11.3 Å². The molecule has 94 valence electrons. The van der Waals surface area contributed by atoms with Gasteiger partial charge in [-0.05, 0) is 24.6 Å². The van der Waals surface area contributed by atoms with Crippen LogP contribution in [0.5, 0.6) is 0 Å². The zero-order valence-corrected chi connectivity index (χ0v) is 10.6. The fourth-order valence-corrected chi connectivity index (χ4v) is 1.42. The molecule has 1 atom stereocenters. The lowest BCUT2D eigenvalue weighted by molar-refractivity contribution is 0.0963. The number of hydrogen-bond donors (Lipinski definition) is 2. The minimum atomic E-state index is -0.0579. The van der Waals surface area contributed by atoms with Gasteiger partial charge in [0.1, 0.15) is 0 Å². The fraction of sp³-hybridized carbons (Fsp3) is 0.462. The van der Waals surface area contributed by atoms with Gasteiger partial charge in [-0.2, -0.15) is 0 Å². The normalized spacial score (nSPS) is 12.2. The number of benzene rings is 1. The van der Waals surface area contributed by atoms with Crippen molar-refractivity contribution in [1.82, 2.24) is 10.6 Å². The van der Waals surface area contributed by atoms with Crippen LogP contribution in [0.1, 0.15) is 22.8 Å². The van der Waals surface area contributed by atoms with E-state index in [0.29, 0.717) is 5.56 Å². The van der Waals surface area contributed by atoms with Crippen molar-refractivity contribution >= 4 is 5.91 Å². The van der Waals surface area contributed by atoms with Gasteiger partial charge >= 0.3 is 0 Å². The number of rotatable bonds is 6. The Morgan fingerprint density at radius 3 is 2.53 bits per heavy atom. The second-order valence-electron chi connectivity index (χ2n) is 3.95. The Labute approximate surface area is 102 Å². The predicted octanol–water partition coefficient (Wildman–Crippen LogP) is 1.17. The molecule has 1 aromatic rings. The third-order valence-electron chi connectivity index (χ3n) is 2.61. The maximum Gasteiger partial charge on any atom is 0.251 e. The largest absolute Gasteiger partial charge is 0.380 e. The number of hydrogen-bond acceptors (Lipinski definition) is 3. The number of carbonyl (C=O) groups excluding carboxylic acids is 1. The van der Waals surface area contributed by atoms with E-state index in [9.17, 15) is 4.79 Å². The van der Waals surface area contributed by atoms with Crippen molar-refractivity contribution in [2.45, 2.75) is 19.6 Å². The Morgan fingerprint density at radius 2 is 2.00 bits per heavy atom. The first-order valence-corrected chi connectivity index (χ1v) is 5.72. The number of amides is 1. The molecule has 0 spiro atoms. The SMILES string of the molecule is CNC(=O)c1ccc(CNCC(C)OC)cc1. The first kappa shape index (κ1) is 13.7. The lowest BCUT2D eigenvalue weighted by Crippen LogP contribution is -2.25. The van der Waals surface area contributed by atoms with E-state index >= 15 is 0 Å². The smallest absolute Gasteiger partial charge is 0.251 e. The van der Waals surface area contributed by atoms with Gasteiger partial charge in [-0.1, -0.05) is 12.1 Å². The van der Waals surface area contributed by atoms with Crippen LogP contribution in [0.15, 0.2) is 24.3 Å². The quantitative estimate of drug-likeness (QED) is 0.779. The number of ether oxygens (including phenoxy) is 1. The molecule has 0 aromatic heterocycles. The number of carbonyl (C=O) groups is 1. The summed E-state index contributed by atoms with van der Waals surface area (Å²) in [4.78, 5) is 11.3. The van der Waals surface area contributed by atoms with Gasteiger partial charge in [0.05, 0.1) is 6.10 Å². The maximum absolute atomic E-state index is 11.3. The van der Waals surface area contributed by atoms with Crippen molar-refractivity contribution in [2.24, 2.45) is 0 Å². The van der Waals surface area contributed by atoms with Crippen LogP contribution in [-0.4, -0.2) is 32.7 Å². The van der Waals surface area contributed by atoms with Crippen molar-refractivity contribution in [3.63, 3.8) is 0 Å². The van der Waals surface area contributed by atoms with Gasteiger partial charge in [-0.3, -0.25) is 4.79 Å². The van der Waals surface area contributed by atoms with Crippen molar-refractivity contribution in [3.8, 4) is 0 Å². The number of nitrogens with one attached hydrogen (secondary N) is 2. The van der Waals surface area contributed by atoms with Gasteiger partial charge in [0.25, 0.3) is 5.91 Å². The molecule has 0 saturated heterocycles. The summed E-state index contributed by atoms with van der Waals surface area (Å²) in [6.45, 7) is 3.61. The van der Waals surface area contributed by atoms with Crippen LogP contribution in [0, 0.1) is 0 Å². The van der Waals surface area contributed by atoms with Crippen LogP contribution >= 0.6 is 0 Å². The van der Waals surface area contributed by atoms with Gasteiger partial charge in [0.15, 0.2) is 0 Å². The Balaban J connectivity index is 2.43. The molecule has 0 aliphatic rings. The molecule has 1 aromatic carbocycles. The molecule has 4 nitrogen and oxygen atoms in total. The van der Waals surface area contributed by atoms with E-state index in [2.05, 4.69) is 10.6 Å². The van der Waals surface area contributed by atoms with Gasteiger partial charge in [-0.25, -0.2) is 0 Å². The van der Waals surface area contributed by atoms with Crippen molar-refractivity contribution in [2.75, 3.05) is 20.7 Å². The van der Waals surface area contributed by atoms with E-state index in [1.54, 1.807) is 14.2 Å². The van der Waals surface area contributed by atoms with Gasteiger partial charge in [0.2, 0.25) is 0 Å². The van der Waals surface area contributed by atoms with Crippen LogP contribution in [0.4, 0.5) is 0 Å². The molecule has 0 radical (unpaired) electrons. The van der Waals surface area contributed by atoms with E-state index in [1.165, 1.54) is 0 Å². The van der Waals surface area contributed by atoms with Crippen LogP contribution < -0.4 is 10.6 Å². The summed E-state index contributed by atoms with van der Waals surface area (Å²) < 4.78 is 5.14. The minimum absolute atomic E-state index is 0.0579. The summed E-state index contributed by atoms with van der Waals surface area (Å²) in [5.41, 5.74) is 1.84. The molecule has 0 bridgehead atoms. The number of methoxy groups -OCH3 is 1. The van der Waals surface area contributed by atoms with Crippen molar-refractivity contribution < 1.29 is 9.53 Å². The van der Waals surface area contributed by atoms with Gasteiger partial charge in [0, 0.05) is 32.8 Å². The first-order valence-electron chi connectivity index (χ1n) is 5.72. The summed E-state index contributed by atoms with van der Waals surface area (Å²) in [6, 6.07) is 7.56. The molecule has 0 aliphatic carbocycles. The highest BCUT2D eigenvalue weighted by Gasteiger charge is 2.02. The van der Waals surface area contributed by atoms with Crippen LogP contribution in [0.2, 0.25) is 0 Å². The second-order valence-corrected chi connectivity index (χ2v) is 3.95. The van der Waals surface area contributed by atoms with Gasteiger partial charge < -0.3 is 15.4 Å². The molecule has 1 amide bonds. The molecule has 0 aliphatic heterocycles. The Hall–Kier alpha value is -1.39. The summed E-state index contributed by atoms with van der Waals surface area (Å²) in [5, 5.41) is 5.88. The topological polar surface area (TPSA) is 50.4 Å². The van der Waals surface area contributed by atoms with Crippen LogP contribution in [0.25, 0.3) is 0 Å². The predicted molar refractivity (Wildman–Crippen MR) is 68.0 cm³/mol. The lowest BCUT2D eigenvalue weighted by atomic mass is 10.1. The van der Waals surface area contributed by atoms with E-state index in [4.69, 9.17) is 4.74 Å². The molecule has 0 fully saturated rings. The lowest BCUT2D eigenvalue weighted by Gasteiger charge is -2.10. The highest BCUT2D eigenvalue weighted by Crippen LogP contribution is 2.04. The molecule has 0 heterocycles. The average molecular weight is 236 g/mol. The summed E-state index contributed by atoms with van der Waals surface area (Å²) in [6.07, 6.45) is 0.208. The third-order valence-corrected chi connectivity index (χ3v) is 2.61. The standard InChI is InChI=1S/C13H20N2O2/c1-10(17-3)8-15-9-11-4-6-12(7-5-11)13(16)14-2/h4-7,10,15H,8-9H2,1-3H3,(H,14,16). The molecule has 1 rings (SSSR count). The zero-order chi connectivity index (χ0) is 12.7. The molecule has 1 unspecified atom stereocenters. The zero-order valence-electron chi connectivity index (χ0n) is 10.6. The molecule has 2 N–H and O–H groups in total.